The van der Waals surface area contributed by atoms with Crippen molar-refractivity contribution in [3.8, 4) is 11.5 Å². The number of piperazine rings is 1. The van der Waals surface area contributed by atoms with Gasteiger partial charge in [0.2, 0.25) is 0 Å². The van der Waals surface area contributed by atoms with E-state index >= 15 is 0 Å². The van der Waals surface area contributed by atoms with Crippen LogP contribution in [0.15, 0.2) is 48.7 Å². The van der Waals surface area contributed by atoms with Crippen LogP contribution >= 0.6 is 0 Å². The van der Waals surface area contributed by atoms with Crippen LogP contribution in [0, 0.1) is 0 Å². The van der Waals surface area contributed by atoms with Crippen molar-refractivity contribution in [2.24, 2.45) is 0 Å². The summed E-state index contributed by atoms with van der Waals surface area (Å²) >= 11 is 0. The zero-order chi connectivity index (χ0) is 17.5. The third kappa shape index (κ3) is 4.62. The largest absolute Gasteiger partial charge is 0.494 e. The van der Waals surface area contributed by atoms with E-state index in [1.54, 1.807) is 6.20 Å². The Balaban J connectivity index is 1.45. The molecule has 1 aromatic carbocycles. The van der Waals surface area contributed by atoms with Gasteiger partial charge < -0.3 is 19.3 Å². The van der Waals surface area contributed by atoms with Crippen molar-refractivity contribution in [3.63, 3.8) is 0 Å². The number of carbonyl (C=O) groups excluding carboxylic acids is 1. The summed E-state index contributed by atoms with van der Waals surface area (Å²) in [6, 6.07) is 13.2. The second-order valence-electron chi connectivity index (χ2n) is 5.75. The van der Waals surface area contributed by atoms with Crippen LogP contribution in [0.25, 0.3) is 0 Å². The van der Waals surface area contributed by atoms with Crippen molar-refractivity contribution in [2.45, 2.75) is 6.92 Å². The molecule has 2 aromatic rings. The Bertz CT molecular complexity index is 668. The standard InChI is InChI=1S/C19H23N3O3/c1-2-24-16-6-8-17(9-7-16)25-15-19(23)22-13-11-21(12-14-22)18-5-3-4-10-20-18/h3-10H,2,11-15H2,1H3. The summed E-state index contributed by atoms with van der Waals surface area (Å²) in [6.07, 6.45) is 1.79. The van der Waals surface area contributed by atoms with Gasteiger partial charge in [0, 0.05) is 32.4 Å². The van der Waals surface area contributed by atoms with Gasteiger partial charge in [0.1, 0.15) is 17.3 Å². The number of benzene rings is 1. The van der Waals surface area contributed by atoms with Gasteiger partial charge in [-0.25, -0.2) is 4.98 Å². The maximum atomic E-state index is 12.3. The number of carbonyl (C=O) groups is 1. The zero-order valence-corrected chi connectivity index (χ0v) is 14.4. The van der Waals surface area contributed by atoms with Gasteiger partial charge >= 0.3 is 0 Å². The number of hydrogen-bond donors (Lipinski definition) is 0. The number of ether oxygens (including phenoxy) is 2. The highest BCUT2D eigenvalue weighted by Crippen LogP contribution is 2.18. The van der Waals surface area contributed by atoms with Crippen LogP contribution in [0.2, 0.25) is 0 Å². The monoisotopic (exact) mass is 341 g/mol. The van der Waals surface area contributed by atoms with E-state index in [1.807, 2.05) is 54.3 Å². The smallest absolute Gasteiger partial charge is 0.260 e. The van der Waals surface area contributed by atoms with E-state index in [9.17, 15) is 4.79 Å². The molecule has 0 unspecified atom stereocenters. The molecule has 6 nitrogen and oxygen atoms in total. The second kappa shape index (κ2) is 8.37. The van der Waals surface area contributed by atoms with Gasteiger partial charge in [-0.1, -0.05) is 6.07 Å². The van der Waals surface area contributed by atoms with Crippen molar-refractivity contribution in [3.05, 3.63) is 48.7 Å². The van der Waals surface area contributed by atoms with Crippen LogP contribution in [0.4, 0.5) is 5.82 Å². The van der Waals surface area contributed by atoms with E-state index < -0.39 is 0 Å². The summed E-state index contributed by atoms with van der Waals surface area (Å²) in [4.78, 5) is 20.7. The minimum atomic E-state index is 0.00885. The first-order valence-corrected chi connectivity index (χ1v) is 8.55. The van der Waals surface area contributed by atoms with Crippen LogP contribution in [-0.2, 0) is 4.79 Å². The van der Waals surface area contributed by atoms with Crippen LogP contribution < -0.4 is 14.4 Å². The maximum absolute atomic E-state index is 12.3. The molecule has 1 amide bonds. The number of hydrogen-bond acceptors (Lipinski definition) is 5. The molecule has 25 heavy (non-hydrogen) atoms. The van der Waals surface area contributed by atoms with Crippen LogP contribution in [0.3, 0.4) is 0 Å². The van der Waals surface area contributed by atoms with Crippen LogP contribution in [0.1, 0.15) is 6.92 Å². The number of pyridine rings is 1. The molecular formula is C19H23N3O3. The first kappa shape index (κ1) is 17.1. The molecule has 132 valence electrons. The topological polar surface area (TPSA) is 54.9 Å². The lowest BCUT2D eigenvalue weighted by molar-refractivity contribution is -0.133. The average molecular weight is 341 g/mol. The number of rotatable bonds is 6. The number of amides is 1. The van der Waals surface area contributed by atoms with E-state index in [-0.39, 0.29) is 12.5 Å². The van der Waals surface area contributed by atoms with Crippen LogP contribution in [-0.4, -0.2) is 55.2 Å². The molecule has 0 saturated carbocycles. The van der Waals surface area contributed by atoms with Gasteiger partial charge in [0.05, 0.1) is 6.61 Å². The molecule has 1 saturated heterocycles. The SMILES string of the molecule is CCOc1ccc(OCC(=O)N2CCN(c3ccccn3)CC2)cc1. The Morgan fingerprint density at radius 2 is 1.68 bits per heavy atom. The average Bonchev–Trinajstić information content (AvgIpc) is 2.68. The Morgan fingerprint density at radius 1 is 1.00 bits per heavy atom. The van der Waals surface area contributed by atoms with Crippen molar-refractivity contribution >= 4 is 11.7 Å². The molecule has 6 heteroatoms. The molecule has 1 fully saturated rings. The molecule has 1 aromatic heterocycles. The predicted octanol–water partition coefficient (Wildman–Crippen LogP) is 2.21. The van der Waals surface area contributed by atoms with E-state index in [2.05, 4.69) is 9.88 Å². The summed E-state index contributed by atoms with van der Waals surface area (Å²) in [5.41, 5.74) is 0. The summed E-state index contributed by atoms with van der Waals surface area (Å²) in [6.45, 7) is 5.55. The van der Waals surface area contributed by atoms with Gasteiger partial charge in [0.15, 0.2) is 6.61 Å². The van der Waals surface area contributed by atoms with Gasteiger partial charge in [-0.3, -0.25) is 4.79 Å². The zero-order valence-electron chi connectivity index (χ0n) is 14.4. The molecule has 0 N–H and O–H groups in total. The minimum absolute atomic E-state index is 0.00885. The molecule has 0 bridgehead atoms. The fourth-order valence-corrected chi connectivity index (χ4v) is 2.76. The number of aromatic nitrogens is 1. The van der Waals surface area contributed by atoms with Gasteiger partial charge in [-0.15, -0.1) is 0 Å². The lowest BCUT2D eigenvalue weighted by Crippen LogP contribution is -2.50. The third-order valence-electron chi connectivity index (χ3n) is 4.10. The Labute approximate surface area is 148 Å². The van der Waals surface area contributed by atoms with Crippen molar-refractivity contribution in [2.75, 3.05) is 44.3 Å². The molecule has 0 atom stereocenters. The van der Waals surface area contributed by atoms with Crippen LogP contribution in [0.5, 0.6) is 11.5 Å². The van der Waals surface area contributed by atoms with E-state index in [1.165, 1.54) is 0 Å². The van der Waals surface area contributed by atoms with Crippen molar-refractivity contribution in [1.82, 2.24) is 9.88 Å². The molecule has 3 rings (SSSR count). The number of nitrogens with zero attached hydrogens (tertiary/aromatic N) is 3. The fraction of sp³-hybridized carbons (Fsp3) is 0.368. The lowest BCUT2D eigenvalue weighted by Gasteiger charge is -2.35. The van der Waals surface area contributed by atoms with Gasteiger partial charge in [0.25, 0.3) is 5.91 Å². The third-order valence-corrected chi connectivity index (χ3v) is 4.10. The molecule has 1 aliphatic heterocycles. The molecular weight excluding hydrogens is 318 g/mol. The summed E-state index contributed by atoms with van der Waals surface area (Å²) < 4.78 is 11.0. The number of anilines is 1. The Kier molecular flexibility index (Phi) is 5.72. The molecule has 0 spiro atoms. The van der Waals surface area contributed by atoms with E-state index in [0.29, 0.717) is 25.4 Å². The molecule has 1 aliphatic rings. The molecule has 0 aliphatic carbocycles. The summed E-state index contributed by atoms with van der Waals surface area (Å²) in [5.74, 6) is 2.44. The predicted molar refractivity (Wildman–Crippen MR) is 96.1 cm³/mol. The highest BCUT2D eigenvalue weighted by atomic mass is 16.5. The minimum Gasteiger partial charge on any atom is -0.494 e. The summed E-state index contributed by atoms with van der Waals surface area (Å²) in [7, 11) is 0. The fourth-order valence-electron chi connectivity index (χ4n) is 2.76. The lowest BCUT2D eigenvalue weighted by atomic mass is 10.3. The molecule has 2 heterocycles. The normalized spacial score (nSPS) is 14.3. The van der Waals surface area contributed by atoms with Crippen molar-refractivity contribution in [1.29, 1.82) is 0 Å². The first-order chi connectivity index (χ1) is 12.3. The van der Waals surface area contributed by atoms with E-state index in [0.717, 1.165) is 24.7 Å². The highest BCUT2D eigenvalue weighted by Gasteiger charge is 2.22. The highest BCUT2D eigenvalue weighted by molar-refractivity contribution is 5.78. The van der Waals surface area contributed by atoms with E-state index in [4.69, 9.17) is 9.47 Å². The van der Waals surface area contributed by atoms with Crippen molar-refractivity contribution < 1.29 is 14.3 Å². The van der Waals surface area contributed by atoms with Gasteiger partial charge in [-0.05, 0) is 43.3 Å². The Morgan fingerprint density at radius 3 is 2.28 bits per heavy atom. The quantitative estimate of drug-likeness (QED) is 0.806. The van der Waals surface area contributed by atoms with Gasteiger partial charge in [-0.2, -0.15) is 0 Å². The first-order valence-electron chi connectivity index (χ1n) is 8.55. The second-order valence-corrected chi connectivity index (χ2v) is 5.75. The maximum Gasteiger partial charge on any atom is 0.260 e. The summed E-state index contributed by atoms with van der Waals surface area (Å²) in [5, 5.41) is 0. The Hall–Kier alpha value is -2.76. The molecule has 0 radical (unpaired) electrons.